The van der Waals surface area contributed by atoms with Gasteiger partial charge in [-0.2, -0.15) is 12.8 Å². The van der Waals surface area contributed by atoms with E-state index in [9.17, 15) is 0 Å². The average Bonchev–Trinajstić information content (AvgIpc) is 2.07. The van der Waals surface area contributed by atoms with Crippen molar-refractivity contribution in [2.75, 3.05) is 20.1 Å². The van der Waals surface area contributed by atoms with Crippen LogP contribution in [0.4, 0.5) is 0 Å². The largest absolute Gasteiger partial charge is 1.00 e. The van der Waals surface area contributed by atoms with Gasteiger partial charge in [0.15, 0.2) is 0 Å². The van der Waals surface area contributed by atoms with Gasteiger partial charge in [-0.15, -0.1) is 0 Å². The molecule has 1 spiro atoms. The molecular formula is C12H25NNa-. The van der Waals surface area contributed by atoms with Crippen LogP contribution in [0.25, 0.3) is 0 Å². The third kappa shape index (κ3) is 4.22. The Hall–Kier alpha value is 0.960. The van der Waals surface area contributed by atoms with E-state index in [1.165, 1.54) is 38.8 Å². The number of rotatable bonds is 0. The average molecular weight is 206 g/mol. The van der Waals surface area contributed by atoms with Crippen molar-refractivity contribution in [3.8, 4) is 0 Å². The standard InChI is InChI=1S/C9H16N.C2H6.CH3.Na/c1-10-7-5-9(6-8-10)3-2-4-9;1-2;;/h2H,3-8H2,1H3;1-2H3;1H3;/q-1;;-1;+1. The molecule has 2 fully saturated rings. The molecule has 2 aliphatic rings. The van der Waals surface area contributed by atoms with Crippen molar-refractivity contribution in [1.82, 2.24) is 4.90 Å². The van der Waals surface area contributed by atoms with Crippen molar-refractivity contribution in [1.29, 1.82) is 0 Å². The van der Waals surface area contributed by atoms with Crippen LogP contribution in [0.5, 0.6) is 0 Å². The summed E-state index contributed by atoms with van der Waals surface area (Å²) in [5.74, 6) is 0. The molecule has 1 heterocycles. The molecule has 80 valence electrons. The summed E-state index contributed by atoms with van der Waals surface area (Å²) in [6.07, 6.45) is 8.13. The first kappa shape index (κ1) is 17.4. The maximum Gasteiger partial charge on any atom is 1.00 e. The summed E-state index contributed by atoms with van der Waals surface area (Å²) in [5, 5.41) is 0. The van der Waals surface area contributed by atoms with Crippen LogP contribution in [-0.4, -0.2) is 25.0 Å². The van der Waals surface area contributed by atoms with Gasteiger partial charge in [0.25, 0.3) is 0 Å². The van der Waals surface area contributed by atoms with Crippen LogP contribution >= 0.6 is 0 Å². The summed E-state index contributed by atoms with van der Waals surface area (Å²) in [4.78, 5) is 2.45. The summed E-state index contributed by atoms with van der Waals surface area (Å²) in [6, 6.07) is 0. The summed E-state index contributed by atoms with van der Waals surface area (Å²) >= 11 is 0. The van der Waals surface area contributed by atoms with Crippen LogP contribution in [-0.2, 0) is 0 Å². The van der Waals surface area contributed by atoms with Crippen molar-refractivity contribution >= 4 is 0 Å². The van der Waals surface area contributed by atoms with Crippen molar-refractivity contribution in [3.05, 3.63) is 13.8 Å². The van der Waals surface area contributed by atoms with Crippen LogP contribution in [0.15, 0.2) is 0 Å². The third-order valence-corrected chi connectivity index (χ3v) is 3.20. The Bertz CT molecular complexity index is 122. The number of hydrogen-bond donors (Lipinski definition) is 0. The van der Waals surface area contributed by atoms with E-state index in [2.05, 4.69) is 18.4 Å². The summed E-state index contributed by atoms with van der Waals surface area (Å²) in [6.45, 7) is 6.65. The van der Waals surface area contributed by atoms with E-state index in [0.717, 1.165) is 5.41 Å². The van der Waals surface area contributed by atoms with Crippen LogP contribution in [0.3, 0.4) is 0 Å². The zero-order valence-corrected chi connectivity index (χ0v) is 12.8. The number of piperidine rings is 1. The Morgan fingerprint density at radius 1 is 1.07 bits per heavy atom. The molecule has 2 heteroatoms. The first-order chi connectivity index (χ1) is 5.81. The second-order valence-electron chi connectivity index (χ2n) is 4.00. The summed E-state index contributed by atoms with van der Waals surface area (Å²) in [7, 11) is 2.23. The van der Waals surface area contributed by atoms with Gasteiger partial charge in [-0.25, -0.2) is 0 Å². The van der Waals surface area contributed by atoms with Gasteiger partial charge in [-0.1, -0.05) is 19.3 Å². The van der Waals surface area contributed by atoms with Crippen molar-refractivity contribution in [2.45, 2.75) is 39.5 Å². The molecule has 1 aliphatic carbocycles. The molecule has 0 N–H and O–H groups in total. The van der Waals surface area contributed by atoms with Gasteiger partial charge >= 0.3 is 29.6 Å². The normalized spacial score (nSPS) is 23.4. The molecule has 1 aliphatic heterocycles. The molecule has 0 amide bonds. The second kappa shape index (κ2) is 8.15. The molecular weight excluding hydrogens is 181 g/mol. The molecule has 1 saturated heterocycles. The molecule has 0 bridgehead atoms. The van der Waals surface area contributed by atoms with E-state index in [4.69, 9.17) is 0 Å². The molecule has 0 aromatic carbocycles. The number of likely N-dealkylation sites (tertiary alicyclic amines) is 1. The van der Waals surface area contributed by atoms with Gasteiger partial charge in [-0.3, -0.25) is 0 Å². The van der Waals surface area contributed by atoms with Crippen molar-refractivity contribution in [3.63, 3.8) is 0 Å². The summed E-state index contributed by atoms with van der Waals surface area (Å²) in [5.41, 5.74) is 0.784. The van der Waals surface area contributed by atoms with Gasteiger partial charge in [0.05, 0.1) is 0 Å². The maximum absolute atomic E-state index is 2.45. The zero-order chi connectivity index (χ0) is 9.03. The molecule has 2 rings (SSSR count). The van der Waals surface area contributed by atoms with Crippen molar-refractivity contribution in [2.24, 2.45) is 5.41 Å². The fourth-order valence-corrected chi connectivity index (χ4v) is 2.05. The molecule has 0 aromatic heterocycles. The van der Waals surface area contributed by atoms with E-state index in [1.807, 2.05) is 13.8 Å². The monoisotopic (exact) mass is 206 g/mol. The van der Waals surface area contributed by atoms with E-state index in [-0.39, 0.29) is 37.0 Å². The Morgan fingerprint density at radius 2 is 1.50 bits per heavy atom. The second-order valence-corrected chi connectivity index (χ2v) is 4.00. The Morgan fingerprint density at radius 3 is 1.79 bits per heavy atom. The topological polar surface area (TPSA) is 3.24 Å². The predicted octanol–water partition coefficient (Wildman–Crippen LogP) is 0.177. The Labute approximate surface area is 113 Å². The maximum atomic E-state index is 2.45. The molecule has 0 aromatic rings. The number of hydrogen-bond acceptors (Lipinski definition) is 1. The first-order valence-corrected chi connectivity index (χ1v) is 5.31. The molecule has 0 unspecified atom stereocenters. The predicted molar refractivity (Wildman–Crippen MR) is 60.5 cm³/mol. The SMILES string of the molecule is CC.CN1CCC2(C[CH-]C2)CC1.[CH3-].[Na+]. The van der Waals surface area contributed by atoms with E-state index >= 15 is 0 Å². The van der Waals surface area contributed by atoms with Gasteiger partial charge in [0.2, 0.25) is 0 Å². The minimum atomic E-state index is 0. The molecule has 0 atom stereocenters. The summed E-state index contributed by atoms with van der Waals surface area (Å²) < 4.78 is 0. The van der Waals surface area contributed by atoms with E-state index in [0.29, 0.717) is 0 Å². The van der Waals surface area contributed by atoms with Crippen LogP contribution in [0.2, 0.25) is 0 Å². The molecule has 1 nitrogen and oxygen atoms in total. The Kier molecular flexibility index (Phi) is 10.1. The Balaban J connectivity index is 0. The van der Waals surface area contributed by atoms with Gasteiger partial charge in [0, 0.05) is 0 Å². The van der Waals surface area contributed by atoms with Crippen LogP contribution in [0, 0.1) is 19.3 Å². The van der Waals surface area contributed by atoms with Gasteiger partial charge in [-0.05, 0) is 33.0 Å². The minimum Gasteiger partial charge on any atom is -0.358 e. The fourth-order valence-electron chi connectivity index (χ4n) is 2.05. The van der Waals surface area contributed by atoms with Gasteiger partial charge < -0.3 is 18.7 Å². The number of nitrogens with zero attached hydrogens (tertiary/aromatic N) is 1. The molecule has 14 heavy (non-hydrogen) atoms. The minimum absolute atomic E-state index is 0. The van der Waals surface area contributed by atoms with E-state index < -0.39 is 0 Å². The first-order valence-electron chi connectivity index (χ1n) is 5.31. The zero-order valence-electron chi connectivity index (χ0n) is 10.8. The van der Waals surface area contributed by atoms with Gasteiger partial charge in [0.1, 0.15) is 0 Å². The van der Waals surface area contributed by atoms with Crippen molar-refractivity contribution < 1.29 is 29.6 Å². The fraction of sp³-hybridized carbons (Fsp3) is 0.833. The molecule has 0 radical (unpaired) electrons. The van der Waals surface area contributed by atoms with E-state index in [1.54, 1.807) is 0 Å². The molecule has 1 saturated carbocycles. The van der Waals surface area contributed by atoms with Crippen LogP contribution in [0.1, 0.15) is 39.5 Å². The smallest absolute Gasteiger partial charge is 0.358 e. The quantitative estimate of drug-likeness (QED) is 0.404. The van der Waals surface area contributed by atoms with Crippen LogP contribution < -0.4 is 29.6 Å². The third-order valence-electron chi connectivity index (χ3n) is 3.20.